The van der Waals surface area contributed by atoms with Gasteiger partial charge in [0.2, 0.25) is 0 Å². The summed E-state index contributed by atoms with van der Waals surface area (Å²) in [5.74, 6) is 1.10. The number of rotatable bonds is 12. The van der Waals surface area contributed by atoms with E-state index < -0.39 is 0 Å². The van der Waals surface area contributed by atoms with Crippen LogP contribution in [0.2, 0.25) is 0 Å². The van der Waals surface area contributed by atoms with E-state index in [0.29, 0.717) is 36.9 Å². The van der Waals surface area contributed by atoms with Gasteiger partial charge in [-0.15, -0.1) is 0 Å². The smallest absolute Gasteiger partial charge is 0.338 e. The summed E-state index contributed by atoms with van der Waals surface area (Å²) in [5.41, 5.74) is 1.43. The Morgan fingerprint density at radius 3 is 1.79 bits per heavy atom. The molecule has 0 saturated heterocycles. The van der Waals surface area contributed by atoms with Gasteiger partial charge in [-0.2, -0.15) is 0 Å². The van der Waals surface area contributed by atoms with Crippen molar-refractivity contribution in [3.8, 4) is 11.5 Å². The van der Waals surface area contributed by atoms with Gasteiger partial charge >= 0.3 is 5.97 Å². The molecule has 0 amide bonds. The number of benzene rings is 1. The monoisotopic (exact) mass is 334 g/mol. The van der Waals surface area contributed by atoms with Gasteiger partial charge in [0, 0.05) is 0 Å². The predicted molar refractivity (Wildman–Crippen MR) is 101 cm³/mol. The van der Waals surface area contributed by atoms with E-state index in [1.165, 1.54) is 0 Å². The number of carbonyl (C=O) groups excluding carboxylic acids is 1. The van der Waals surface area contributed by atoms with Crippen molar-refractivity contribution in [2.75, 3.05) is 19.8 Å². The maximum atomic E-state index is 12.3. The third kappa shape index (κ3) is 6.85. The number of esters is 1. The summed E-state index contributed by atoms with van der Waals surface area (Å²) in [6.07, 6.45) is 5.97. The highest BCUT2D eigenvalue weighted by Gasteiger charge is 2.15. The van der Waals surface area contributed by atoms with Gasteiger partial charge in [-0.25, -0.2) is 4.79 Å². The number of hydrogen-bond donors (Lipinski definition) is 0. The van der Waals surface area contributed by atoms with E-state index in [2.05, 4.69) is 20.8 Å². The number of carbonyl (C=O) groups is 1. The molecule has 24 heavy (non-hydrogen) atoms. The second-order valence-corrected chi connectivity index (χ2v) is 5.99. The van der Waals surface area contributed by atoms with Crippen LogP contribution >= 0.6 is 0 Å². The average molecular weight is 334 g/mol. The van der Waals surface area contributed by atoms with Crippen LogP contribution in [0.15, 0.2) is 12.1 Å². The predicted octanol–water partition coefficient (Wildman–Crippen LogP) is 3.26. The molecule has 0 aliphatic rings. The van der Waals surface area contributed by atoms with Crippen LogP contribution in [0.1, 0.15) is 69.7 Å². The Kier molecular flexibility index (Phi) is 10.1. The first-order chi connectivity index (χ1) is 11.6. The minimum atomic E-state index is -0.316. The summed E-state index contributed by atoms with van der Waals surface area (Å²) < 4.78 is 17.0. The summed E-state index contributed by atoms with van der Waals surface area (Å²) in [4.78, 5) is 12.3. The molecule has 5 heteroatoms. The third-order valence-corrected chi connectivity index (χ3v) is 3.79. The fraction of sp³-hybridized carbons (Fsp3) is 0.632. The van der Waals surface area contributed by atoms with Crippen molar-refractivity contribution >= 4 is 19.3 Å². The maximum absolute atomic E-state index is 12.3. The Bertz CT molecular complexity index is 471. The molecule has 0 aliphatic carbocycles. The molecule has 134 valence electrons. The van der Waals surface area contributed by atoms with Gasteiger partial charge in [-0.1, -0.05) is 40.0 Å². The SMILES string of the molecule is Bc1c(OCCCC)cc(C(=O)OCCCC)cc1OCCCC. The highest BCUT2D eigenvalue weighted by molar-refractivity contribution is 6.36. The molecule has 0 aliphatic heterocycles. The van der Waals surface area contributed by atoms with Crippen LogP contribution < -0.4 is 14.9 Å². The minimum absolute atomic E-state index is 0.316. The lowest BCUT2D eigenvalue weighted by molar-refractivity contribution is 0.0498. The zero-order valence-electron chi connectivity index (χ0n) is 15.7. The van der Waals surface area contributed by atoms with Crippen molar-refractivity contribution in [2.24, 2.45) is 0 Å². The number of hydrogen-bond acceptors (Lipinski definition) is 4. The van der Waals surface area contributed by atoms with Gasteiger partial charge in [0.25, 0.3) is 0 Å². The first-order valence-corrected chi connectivity index (χ1v) is 9.21. The first kappa shape index (κ1) is 20.4. The molecule has 0 spiro atoms. The molecule has 0 N–H and O–H groups in total. The Hall–Kier alpha value is -1.65. The van der Waals surface area contributed by atoms with Gasteiger partial charge in [-0.05, 0) is 36.9 Å². The molecule has 1 aromatic carbocycles. The van der Waals surface area contributed by atoms with E-state index >= 15 is 0 Å². The molecule has 4 nitrogen and oxygen atoms in total. The lowest BCUT2D eigenvalue weighted by Crippen LogP contribution is -2.17. The normalized spacial score (nSPS) is 10.5. The van der Waals surface area contributed by atoms with Gasteiger partial charge in [0.1, 0.15) is 19.3 Å². The van der Waals surface area contributed by atoms with Gasteiger partial charge in [-0.3, -0.25) is 0 Å². The highest BCUT2D eigenvalue weighted by atomic mass is 16.5. The summed E-state index contributed by atoms with van der Waals surface area (Å²) in [6.45, 7) is 8.04. The zero-order valence-corrected chi connectivity index (χ0v) is 15.7. The number of ether oxygens (including phenoxy) is 3. The zero-order chi connectivity index (χ0) is 17.8. The van der Waals surface area contributed by atoms with E-state index in [1.54, 1.807) is 12.1 Å². The van der Waals surface area contributed by atoms with Crippen molar-refractivity contribution in [3.05, 3.63) is 17.7 Å². The van der Waals surface area contributed by atoms with Crippen LogP contribution in [-0.4, -0.2) is 33.6 Å². The Balaban J connectivity index is 2.92. The van der Waals surface area contributed by atoms with E-state index in [4.69, 9.17) is 14.2 Å². The van der Waals surface area contributed by atoms with Gasteiger partial charge in [0.15, 0.2) is 0 Å². The highest BCUT2D eigenvalue weighted by Crippen LogP contribution is 2.21. The van der Waals surface area contributed by atoms with Crippen LogP contribution in [0, 0.1) is 0 Å². The van der Waals surface area contributed by atoms with E-state index in [-0.39, 0.29) is 5.97 Å². The molecule has 0 fully saturated rings. The minimum Gasteiger partial charge on any atom is -0.494 e. The van der Waals surface area contributed by atoms with Crippen LogP contribution in [0.3, 0.4) is 0 Å². The molecule has 0 bridgehead atoms. The molecular formula is C19H31BO4. The molecule has 0 atom stereocenters. The lowest BCUT2D eigenvalue weighted by Gasteiger charge is -2.16. The molecule has 1 rings (SSSR count). The summed E-state index contributed by atoms with van der Waals surface area (Å²) in [5, 5.41) is 0. The number of unbranched alkanes of at least 4 members (excludes halogenated alkanes) is 3. The van der Waals surface area contributed by atoms with Crippen molar-refractivity contribution in [1.82, 2.24) is 0 Å². The second kappa shape index (κ2) is 11.8. The molecule has 0 saturated carbocycles. The molecule has 0 unspecified atom stereocenters. The van der Waals surface area contributed by atoms with Crippen LogP contribution in [0.25, 0.3) is 0 Å². The standard InChI is InChI=1S/C19H31BO4/c1-4-7-10-22-16-13-15(19(21)24-12-9-6-3)14-17(18(16)20)23-11-8-5-2/h13-14H,4-12,20H2,1-3H3. The molecule has 0 heterocycles. The summed E-state index contributed by atoms with van der Waals surface area (Å²) >= 11 is 0. The van der Waals surface area contributed by atoms with E-state index in [0.717, 1.165) is 44.0 Å². The van der Waals surface area contributed by atoms with Crippen molar-refractivity contribution < 1.29 is 19.0 Å². The third-order valence-electron chi connectivity index (χ3n) is 3.79. The Morgan fingerprint density at radius 1 is 0.875 bits per heavy atom. The maximum Gasteiger partial charge on any atom is 0.338 e. The second-order valence-electron chi connectivity index (χ2n) is 5.99. The van der Waals surface area contributed by atoms with Crippen LogP contribution in [0.5, 0.6) is 11.5 Å². The Morgan fingerprint density at radius 2 is 1.33 bits per heavy atom. The molecular weight excluding hydrogens is 303 g/mol. The van der Waals surface area contributed by atoms with Crippen molar-refractivity contribution in [1.29, 1.82) is 0 Å². The van der Waals surface area contributed by atoms with E-state index in [1.807, 2.05) is 7.85 Å². The topological polar surface area (TPSA) is 44.8 Å². The summed E-state index contributed by atoms with van der Waals surface area (Å²) in [7, 11) is 1.97. The van der Waals surface area contributed by atoms with Crippen LogP contribution in [-0.2, 0) is 4.74 Å². The average Bonchev–Trinajstić information content (AvgIpc) is 2.58. The first-order valence-electron chi connectivity index (χ1n) is 9.21. The molecule has 0 aromatic heterocycles. The van der Waals surface area contributed by atoms with Gasteiger partial charge < -0.3 is 14.2 Å². The van der Waals surface area contributed by atoms with Gasteiger partial charge in [0.05, 0.1) is 25.4 Å². The van der Waals surface area contributed by atoms with Crippen LogP contribution in [0.4, 0.5) is 0 Å². The summed E-state index contributed by atoms with van der Waals surface area (Å²) in [6, 6.07) is 3.54. The molecule has 0 radical (unpaired) electrons. The Labute approximate surface area is 147 Å². The van der Waals surface area contributed by atoms with Crippen molar-refractivity contribution in [2.45, 2.75) is 59.3 Å². The fourth-order valence-electron chi connectivity index (χ4n) is 2.13. The lowest BCUT2D eigenvalue weighted by atomic mass is 9.92. The quantitative estimate of drug-likeness (QED) is 0.334. The largest absolute Gasteiger partial charge is 0.494 e. The fourth-order valence-corrected chi connectivity index (χ4v) is 2.13. The molecule has 1 aromatic rings. The van der Waals surface area contributed by atoms with E-state index in [9.17, 15) is 4.79 Å². The van der Waals surface area contributed by atoms with Crippen molar-refractivity contribution in [3.63, 3.8) is 0 Å².